The van der Waals surface area contributed by atoms with Crippen molar-refractivity contribution in [2.45, 2.75) is 13.0 Å². The Labute approximate surface area is 163 Å². The Bertz CT molecular complexity index is 943. The van der Waals surface area contributed by atoms with E-state index in [-0.39, 0.29) is 6.79 Å². The quantitative estimate of drug-likeness (QED) is 0.598. The van der Waals surface area contributed by atoms with Gasteiger partial charge in [-0.3, -0.25) is 4.79 Å². The fraction of sp³-hybridized carbons (Fsp3) is 0.158. The molecule has 1 aliphatic rings. The number of fused-ring (bicyclic) bond motifs is 1. The van der Waals surface area contributed by atoms with Gasteiger partial charge < -0.3 is 19.5 Å². The summed E-state index contributed by atoms with van der Waals surface area (Å²) in [5, 5.41) is 2.38. The predicted octanol–water partition coefficient (Wildman–Crippen LogP) is 3.93. The van der Waals surface area contributed by atoms with Gasteiger partial charge in [-0.2, -0.15) is 0 Å². The second kappa shape index (κ2) is 8.26. The summed E-state index contributed by atoms with van der Waals surface area (Å²) in [6.45, 7) is 1.33. The molecule has 1 N–H and O–H groups in total. The van der Waals surface area contributed by atoms with E-state index >= 15 is 0 Å². The van der Waals surface area contributed by atoms with E-state index in [4.69, 9.17) is 25.8 Å². The minimum atomic E-state index is -1.28. The van der Waals surface area contributed by atoms with Crippen LogP contribution in [0.1, 0.15) is 12.5 Å². The van der Waals surface area contributed by atoms with Crippen LogP contribution < -0.4 is 14.8 Å². The summed E-state index contributed by atoms with van der Waals surface area (Å²) in [5.74, 6) is -2.72. The number of amides is 1. The highest BCUT2D eigenvalue weighted by Crippen LogP contribution is 2.40. The van der Waals surface area contributed by atoms with Gasteiger partial charge in [0.25, 0.3) is 5.91 Å². The van der Waals surface area contributed by atoms with Crippen LogP contribution in [0.15, 0.2) is 36.4 Å². The molecule has 0 saturated carbocycles. The van der Waals surface area contributed by atoms with E-state index in [9.17, 15) is 18.4 Å². The van der Waals surface area contributed by atoms with Gasteiger partial charge in [0.15, 0.2) is 17.6 Å². The van der Waals surface area contributed by atoms with Crippen LogP contribution in [0.5, 0.6) is 11.5 Å². The van der Waals surface area contributed by atoms with Gasteiger partial charge in [0.05, 0.1) is 5.02 Å². The Morgan fingerprint density at radius 2 is 1.96 bits per heavy atom. The summed E-state index contributed by atoms with van der Waals surface area (Å²) >= 11 is 6.05. The number of rotatable bonds is 5. The van der Waals surface area contributed by atoms with Gasteiger partial charge in [0.1, 0.15) is 17.3 Å². The molecule has 1 amide bonds. The highest BCUT2D eigenvalue weighted by atomic mass is 35.5. The lowest BCUT2D eigenvalue weighted by molar-refractivity contribution is -0.148. The molecule has 0 fully saturated rings. The summed E-state index contributed by atoms with van der Waals surface area (Å²) in [7, 11) is 0. The SMILES string of the molecule is C[C@@H](OC(=O)/C=C/c1cc(Cl)c2c(c1)OCO2)C(=O)Nc1c(F)cccc1F. The first kappa shape index (κ1) is 19.6. The summed E-state index contributed by atoms with van der Waals surface area (Å²) in [5.41, 5.74) is -0.0577. The Balaban J connectivity index is 1.60. The first-order chi connectivity index (χ1) is 13.3. The number of esters is 1. The van der Waals surface area contributed by atoms with E-state index in [0.29, 0.717) is 22.1 Å². The molecule has 9 heteroatoms. The fourth-order valence-corrected chi connectivity index (χ4v) is 2.63. The van der Waals surface area contributed by atoms with Crippen molar-refractivity contribution < 1.29 is 32.6 Å². The zero-order valence-electron chi connectivity index (χ0n) is 14.5. The lowest BCUT2D eigenvalue weighted by Gasteiger charge is -2.13. The van der Waals surface area contributed by atoms with Gasteiger partial charge in [0.2, 0.25) is 6.79 Å². The van der Waals surface area contributed by atoms with E-state index in [2.05, 4.69) is 5.32 Å². The van der Waals surface area contributed by atoms with Gasteiger partial charge >= 0.3 is 5.97 Å². The molecule has 1 aliphatic heterocycles. The molecule has 0 radical (unpaired) electrons. The number of nitrogens with one attached hydrogen (secondary N) is 1. The Hall–Kier alpha value is -3.13. The molecule has 28 heavy (non-hydrogen) atoms. The van der Waals surface area contributed by atoms with Crippen molar-refractivity contribution in [1.29, 1.82) is 0 Å². The van der Waals surface area contributed by atoms with E-state index < -0.39 is 35.3 Å². The van der Waals surface area contributed by atoms with Crippen LogP contribution >= 0.6 is 11.6 Å². The monoisotopic (exact) mass is 409 g/mol. The van der Waals surface area contributed by atoms with Crippen LogP contribution in [0.4, 0.5) is 14.5 Å². The molecule has 1 atom stereocenters. The summed E-state index contributed by atoms with van der Waals surface area (Å²) < 4.78 is 42.5. The maximum atomic E-state index is 13.6. The molecule has 0 spiro atoms. The predicted molar refractivity (Wildman–Crippen MR) is 97.2 cm³/mol. The molecule has 2 aromatic rings. The Morgan fingerprint density at radius 1 is 1.25 bits per heavy atom. The van der Waals surface area contributed by atoms with Crippen molar-refractivity contribution in [3.05, 3.63) is 58.6 Å². The highest BCUT2D eigenvalue weighted by molar-refractivity contribution is 6.32. The van der Waals surface area contributed by atoms with Gasteiger partial charge in [-0.1, -0.05) is 17.7 Å². The lowest BCUT2D eigenvalue weighted by Crippen LogP contribution is -2.30. The van der Waals surface area contributed by atoms with E-state index in [1.165, 1.54) is 13.0 Å². The first-order valence-corrected chi connectivity index (χ1v) is 8.45. The van der Waals surface area contributed by atoms with Crippen LogP contribution in [0.2, 0.25) is 5.02 Å². The number of para-hydroxylation sites is 1. The van der Waals surface area contributed by atoms with Gasteiger partial charge in [0, 0.05) is 6.08 Å². The summed E-state index contributed by atoms with van der Waals surface area (Å²) in [4.78, 5) is 23.9. The smallest absolute Gasteiger partial charge is 0.331 e. The van der Waals surface area contributed by atoms with Crippen molar-refractivity contribution in [3.8, 4) is 11.5 Å². The van der Waals surface area contributed by atoms with Crippen LogP contribution in [0.3, 0.4) is 0 Å². The number of benzene rings is 2. The number of carbonyl (C=O) groups excluding carboxylic acids is 2. The maximum absolute atomic E-state index is 13.6. The highest BCUT2D eigenvalue weighted by Gasteiger charge is 2.20. The molecule has 2 aromatic carbocycles. The average molecular weight is 410 g/mol. The number of anilines is 1. The third-order valence-corrected chi connectivity index (χ3v) is 4.02. The summed E-state index contributed by atoms with van der Waals surface area (Å²) in [6, 6.07) is 6.34. The minimum absolute atomic E-state index is 0.0551. The van der Waals surface area contributed by atoms with Crippen LogP contribution in [-0.4, -0.2) is 24.8 Å². The lowest BCUT2D eigenvalue weighted by atomic mass is 10.2. The molecule has 0 bridgehead atoms. The number of halogens is 3. The van der Waals surface area contributed by atoms with Gasteiger partial charge in [-0.05, 0) is 42.8 Å². The molecule has 1 heterocycles. The Morgan fingerprint density at radius 3 is 2.68 bits per heavy atom. The summed E-state index contributed by atoms with van der Waals surface area (Å²) in [6.07, 6.45) is 1.22. The molecule has 0 aromatic heterocycles. The molecular weight excluding hydrogens is 396 g/mol. The van der Waals surface area contributed by atoms with Crippen LogP contribution in [0.25, 0.3) is 6.08 Å². The molecule has 146 valence electrons. The van der Waals surface area contributed by atoms with Gasteiger partial charge in [-0.15, -0.1) is 0 Å². The first-order valence-electron chi connectivity index (χ1n) is 8.08. The van der Waals surface area contributed by atoms with Gasteiger partial charge in [-0.25, -0.2) is 13.6 Å². The molecule has 3 rings (SSSR count). The maximum Gasteiger partial charge on any atom is 0.331 e. The van der Waals surface area contributed by atoms with E-state index in [1.807, 2.05) is 0 Å². The van der Waals surface area contributed by atoms with Crippen LogP contribution in [-0.2, 0) is 14.3 Å². The van der Waals surface area contributed by atoms with E-state index in [1.54, 1.807) is 12.1 Å². The number of ether oxygens (including phenoxy) is 3. The van der Waals surface area contributed by atoms with Crippen molar-refractivity contribution >= 4 is 35.2 Å². The normalized spacial score (nSPS) is 13.4. The minimum Gasteiger partial charge on any atom is -0.454 e. The molecule has 0 unspecified atom stereocenters. The third kappa shape index (κ3) is 4.40. The average Bonchev–Trinajstić information content (AvgIpc) is 3.12. The number of carbonyl (C=O) groups is 2. The van der Waals surface area contributed by atoms with Crippen molar-refractivity contribution in [1.82, 2.24) is 0 Å². The zero-order chi connectivity index (χ0) is 20.3. The zero-order valence-corrected chi connectivity index (χ0v) is 15.3. The number of hydrogen-bond acceptors (Lipinski definition) is 5. The topological polar surface area (TPSA) is 73.9 Å². The molecule has 6 nitrogen and oxygen atoms in total. The molecule has 0 saturated heterocycles. The largest absolute Gasteiger partial charge is 0.454 e. The second-order valence-electron chi connectivity index (χ2n) is 5.73. The van der Waals surface area contributed by atoms with Crippen molar-refractivity contribution in [2.24, 2.45) is 0 Å². The van der Waals surface area contributed by atoms with E-state index in [0.717, 1.165) is 24.3 Å². The number of hydrogen-bond donors (Lipinski definition) is 1. The standard InChI is InChI=1S/C19H14ClF2NO5/c1-10(19(25)23-17-13(21)3-2-4-14(17)22)28-16(24)6-5-11-7-12(20)18-15(8-11)26-9-27-18/h2-8,10H,9H2,1H3,(H,23,25)/b6-5+/t10-/m1/s1. The Kier molecular flexibility index (Phi) is 5.79. The second-order valence-corrected chi connectivity index (χ2v) is 6.14. The molecule has 0 aliphatic carbocycles. The molecular formula is C19H14ClF2NO5. The third-order valence-electron chi connectivity index (χ3n) is 3.73. The van der Waals surface area contributed by atoms with Crippen LogP contribution in [0, 0.1) is 11.6 Å². The fourth-order valence-electron chi connectivity index (χ4n) is 2.36. The van der Waals surface area contributed by atoms with Crippen molar-refractivity contribution in [3.63, 3.8) is 0 Å². The van der Waals surface area contributed by atoms with Crippen molar-refractivity contribution in [2.75, 3.05) is 12.1 Å².